The van der Waals surface area contributed by atoms with Gasteiger partial charge in [-0.3, -0.25) is 9.69 Å². The first kappa shape index (κ1) is 13.2. The predicted octanol–water partition coefficient (Wildman–Crippen LogP) is 1.41. The zero-order chi connectivity index (χ0) is 11.1. The fourth-order valence-corrected chi connectivity index (χ4v) is 1.15. The summed E-state index contributed by atoms with van der Waals surface area (Å²) in [5.74, 6) is -0.0353. The van der Waals surface area contributed by atoms with Crippen LogP contribution in [0.3, 0.4) is 0 Å². The third-order valence-electron chi connectivity index (χ3n) is 2.05. The van der Waals surface area contributed by atoms with E-state index in [1.54, 1.807) is 0 Å². The van der Waals surface area contributed by atoms with Gasteiger partial charge in [0.1, 0.15) is 0 Å². The molecule has 0 spiro atoms. The summed E-state index contributed by atoms with van der Waals surface area (Å²) in [5.41, 5.74) is 0.641. The molecule has 0 fully saturated rings. The maximum Gasteiger partial charge on any atom is 0.248 e. The Labute approximate surface area is 87.2 Å². The third-order valence-corrected chi connectivity index (χ3v) is 2.05. The monoisotopic (exact) mass is 198 g/mol. The second-order valence-corrected chi connectivity index (χ2v) is 3.69. The summed E-state index contributed by atoms with van der Waals surface area (Å²) in [5, 5.41) is 2.83. The van der Waals surface area contributed by atoms with Gasteiger partial charge in [-0.15, -0.1) is 0 Å². The van der Waals surface area contributed by atoms with Gasteiger partial charge in [0.15, 0.2) is 0 Å². The highest BCUT2D eigenvalue weighted by Gasteiger charge is 2.10. The van der Waals surface area contributed by atoms with Crippen molar-refractivity contribution in [3.8, 4) is 0 Å². The average molecular weight is 198 g/mol. The van der Waals surface area contributed by atoms with Gasteiger partial charge in [-0.25, -0.2) is 0 Å². The van der Waals surface area contributed by atoms with Crippen LogP contribution in [0.2, 0.25) is 0 Å². The van der Waals surface area contributed by atoms with Crippen LogP contribution in [0, 0.1) is 0 Å². The molecule has 0 bridgehead atoms. The van der Waals surface area contributed by atoms with Crippen LogP contribution in [0.4, 0.5) is 0 Å². The molecule has 0 aliphatic heterocycles. The van der Waals surface area contributed by atoms with E-state index in [4.69, 9.17) is 0 Å². The normalized spacial score (nSPS) is 10.7. The molecule has 3 nitrogen and oxygen atoms in total. The minimum absolute atomic E-state index is 0.0353. The van der Waals surface area contributed by atoms with Crippen molar-refractivity contribution >= 4 is 5.91 Å². The van der Waals surface area contributed by atoms with Gasteiger partial charge in [0.2, 0.25) is 5.91 Å². The SMILES string of the molecule is C=C(CN(CC)CC)C(=O)NC(C)C. The van der Waals surface area contributed by atoms with Crippen molar-refractivity contribution in [2.45, 2.75) is 33.7 Å². The first-order valence-electron chi connectivity index (χ1n) is 5.22. The Morgan fingerprint density at radius 3 is 2.21 bits per heavy atom. The van der Waals surface area contributed by atoms with E-state index in [0.29, 0.717) is 12.1 Å². The number of hydrogen-bond acceptors (Lipinski definition) is 2. The first-order chi connectivity index (χ1) is 6.51. The number of nitrogens with zero attached hydrogens (tertiary/aromatic N) is 1. The molecule has 0 aromatic heterocycles. The molecule has 0 aliphatic carbocycles. The van der Waals surface area contributed by atoms with Crippen LogP contribution in [0.25, 0.3) is 0 Å². The van der Waals surface area contributed by atoms with Gasteiger partial charge in [0.05, 0.1) is 0 Å². The quantitative estimate of drug-likeness (QED) is 0.654. The fourth-order valence-electron chi connectivity index (χ4n) is 1.15. The van der Waals surface area contributed by atoms with E-state index in [9.17, 15) is 4.79 Å². The van der Waals surface area contributed by atoms with E-state index in [0.717, 1.165) is 13.1 Å². The zero-order valence-electron chi connectivity index (χ0n) is 9.76. The summed E-state index contributed by atoms with van der Waals surface area (Å²) in [7, 11) is 0. The molecule has 0 rings (SSSR count). The van der Waals surface area contributed by atoms with Crippen LogP contribution in [0.1, 0.15) is 27.7 Å². The molecule has 3 heteroatoms. The molecule has 1 N–H and O–H groups in total. The topological polar surface area (TPSA) is 32.3 Å². The van der Waals surface area contributed by atoms with Crippen molar-refractivity contribution in [3.63, 3.8) is 0 Å². The lowest BCUT2D eigenvalue weighted by Gasteiger charge is -2.19. The maximum atomic E-state index is 11.5. The molecule has 82 valence electrons. The van der Waals surface area contributed by atoms with Crippen molar-refractivity contribution in [2.75, 3.05) is 19.6 Å². The van der Waals surface area contributed by atoms with Gasteiger partial charge >= 0.3 is 0 Å². The summed E-state index contributed by atoms with van der Waals surface area (Å²) >= 11 is 0. The minimum atomic E-state index is -0.0353. The molecule has 0 aromatic carbocycles. The predicted molar refractivity (Wildman–Crippen MR) is 60.2 cm³/mol. The van der Waals surface area contributed by atoms with Crippen LogP contribution >= 0.6 is 0 Å². The Hall–Kier alpha value is -0.830. The highest BCUT2D eigenvalue weighted by Crippen LogP contribution is 1.97. The number of hydrogen-bond donors (Lipinski definition) is 1. The summed E-state index contributed by atoms with van der Waals surface area (Å²) in [6, 6.07) is 0.177. The maximum absolute atomic E-state index is 11.5. The molecule has 0 heterocycles. The molecule has 0 atom stereocenters. The Morgan fingerprint density at radius 2 is 1.86 bits per heavy atom. The molecular weight excluding hydrogens is 176 g/mol. The smallest absolute Gasteiger partial charge is 0.248 e. The van der Waals surface area contributed by atoms with E-state index in [1.165, 1.54) is 0 Å². The van der Waals surface area contributed by atoms with Gasteiger partial charge < -0.3 is 5.32 Å². The molecule has 1 amide bonds. The van der Waals surface area contributed by atoms with Crippen molar-refractivity contribution in [2.24, 2.45) is 0 Å². The van der Waals surface area contributed by atoms with Crippen molar-refractivity contribution in [3.05, 3.63) is 12.2 Å². The van der Waals surface area contributed by atoms with E-state index in [-0.39, 0.29) is 11.9 Å². The van der Waals surface area contributed by atoms with Gasteiger partial charge in [0.25, 0.3) is 0 Å². The third kappa shape index (κ3) is 5.02. The van der Waals surface area contributed by atoms with Crippen LogP contribution < -0.4 is 5.32 Å². The Kier molecular flexibility index (Phi) is 6.21. The lowest BCUT2D eigenvalue weighted by atomic mass is 10.2. The van der Waals surface area contributed by atoms with Crippen molar-refractivity contribution in [1.82, 2.24) is 10.2 Å². The number of carbonyl (C=O) groups excluding carboxylic acids is 1. The van der Waals surface area contributed by atoms with E-state index in [1.807, 2.05) is 13.8 Å². The lowest BCUT2D eigenvalue weighted by Crippen LogP contribution is -2.35. The van der Waals surface area contributed by atoms with E-state index in [2.05, 4.69) is 30.6 Å². The molecule has 0 saturated carbocycles. The van der Waals surface area contributed by atoms with Crippen LogP contribution in [-0.2, 0) is 4.79 Å². The van der Waals surface area contributed by atoms with Gasteiger partial charge in [-0.05, 0) is 26.9 Å². The molecule has 0 unspecified atom stereocenters. The fraction of sp³-hybridized carbons (Fsp3) is 0.727. The Bertz CT molecular complexity index is 195. The molecule has 0 aromatic rings. The number of carbonyl (C=O) groups is 1. The summed E-state index contributed by atoms with van der Waals surface area (Å²) < 4.78 is 0. The largest absolute Gasteiger partial charge is 0.350 e. The Morgan fingerprint density at radius 1 is 1.36 bits per heavy atom. The van der Waals surface area contributed by atoms with Crippen LogP contribution in [0.15, 0.2) is 12.2 Å². The van der Waals surface area contributed by atoms with Crippen molar-refractivity contribution in [1.29, 1.82) is 0 Å². The van der Waals surface area contributed by atoms with Crippen LogP contribution in [0.5, 0.6) is 0 Å². The summed E-state index contributed by atoms with van der Waals surface area (Å²) in [6.45, 7) is 14.4. The van der Waals surface area contributed by atoms with Crippen LogP contribution in [-0.4, -0.2) is 36.5 Å². The molecule has 0 radical (unpaired) electrons. The second-order valence-electron chi connectivity index (χ2n) is 3.69. The molecule has 14 heavy (non-hydrogen) atoms. The average Bonchev–Trinajstić information content (AvgIpc) is 2.12. The van der Waals surface area contributed by atoms with Gasteiger partial charge in [-0.2, -0.15) is 0 Å². The first-order valence-corrected chi connectivity index (χ1v) is 5.22. The van der Waals surface area contributed by atoms with Gasteiger partial charge in [-0.1, -0.05) is 20.4 Å². The summed E-state index contributed by atoms with van der Waals surface area (Å²) in [6.07, 6.45) is 0. The minimum Gasteiger partial charge on any atom is -0.350 e. The van der Waals surface area contributed by atoms with Crippen molar-refractivity contribution < 1.29 is 4.79 Å². The number of amides is 1. The lowest BCUT2D eigenvalue weighted by molar-refractivity contribution is -0.118. The molecule has 0 saturated heterocycles. The summed E-state index contributed by atoms with van der Waals surface area (Å²) in [4.78, 5) is 13.7. The standard InChI is InChI=1S/C11H22N2O/c1-6-13(7-2)8-10(5)11(14)12-9(3)4/h9H,5-8H2,1-4H3,(H,12,14). The number of likely N-dealkylation sites (N-methyl/N-ethyl adjacent to an activating group) is 1. The second kappa shape index (κ2) is 6.60. The number of rotatable bonds is 6. The number of nitrogens with one attached hydrogen (secondary N) is 1. The molecule has 0 aliphatic rings. The van der Waals surface area contributed by atoms with E-state index >= 15 is 0 Å². The van der Waals surface area contributed by atoms with E-state index < -0.39 is 0 Å². The molecular formula is C11H22N2O. The highest BCUT2D eigenvalue weighted by atomic mass is 16.1. The Balaban J connectivity index is 4.00. The zero-order valence-corrected chi connectivity index (χ0v) is 9.76. The highest BCUT2D eigenvalue weighted by molar-refractivity contribution is 5.93. The van der Waals surface area contributed by atoms with Gasteiger partial charge in [0, 0.05) is 18.2 Å².